The molecule has 1 aliphatic rings. The molecule has 0 aromatic heterocycles. The molecule has 1 aromatic rings. The van der Waals surface area contributed by atoms with Gasteiger partial charge in [0, 0.05) is 30.4 Å². The van der Waals surface area contributed by atoms with E-state index in [-0.39, 0.29) is 11.4 Å². The maximum Gasteiger partial charge on any atom is 0.139 e. The van der Waals surface area contributed by atoms with Gasteiger partial charge in [-0.3, -0.25) is 0 Å². The summed E-state index contributed by atoms with van der Waals surface area (Å²) >= 11 is 3.25. The van der Waals surface area contributed by atoms with Crippen molar-refractivity contribution in [3.05, 3.63) is 28.0 Å². The van der Waals surface area contributed by atoms with E-state index in [1.807, 2.05) is 13.0 Å². The maximum absolute atomic E-state index is 13.8. The minimum atomic E-state index is -0.188. The van der Waals surface area contributed by atoms with E-state index < -0.39 is 0 Å². The van der Waals surface area contributed by atoms with Gasteiger partial charge in [0.05, 0.1) is 4.47 Å². The maximum atomic E-state index is 13.8. The minimum absolute atomic E-state index is 0.0572. The number of piperazine rings is 1. The van der Waals surface area contributed by atoms with Crippen molar-refractivity contribution in [2.24, 2.45) is 0 Å². The van der Waals surface area contributed by atoms with Gasteiger partial charge in [0.25, 0.3) is 0 Å². The second kappa shape index (κ2) is 5.41. The second-order valence-electron chi connectivity index (χ2n) is 6.01. The first-order chi connectivity index (χ1) is 8.84. The number of hydrogen-bond acceptors (Lipinski definition) is 2. The average molecular weight is 329 g/mol. The fraction of sp³-hybridized carbons (Fsp3) is 0.600. The van der Waals surface area contributed by atoms with E-state index in [0.717, 1.165) is 30.8 Å². The third kappa shape index (κ3) is 3.11. The summed E-state index contributed by atoms with van der Waals surface area (Å²) in [6.45, 7) is 10.4. The Balaban J connectivity index is 2.39. The van der Waals surface area contributed by atoms with Crippen LogP contribution in [-0.4, -0.2) is 24.7 Å². The van der Waals surface area contributed by atoms with Gasteiger partial charge in [0.15, 0.2) is 0 Å². The van der Waals surface area contributed by atoms with Crippen molar-refractivity contribution < 1.29 is 4.39 Å². The van der Waals surface area contributed by atoms with Crippen molar-refractivity contribution in [1.82, 2.24) is 5.32 Å². The lowest BCUT2D eigenvalue weighted by Gasteiger charge is -2.46. The highest BCUT2D eigenvalue weighted by Gasteiger charge is 2.32. The first-order valence-electron chi connectivity index (χ1n) is 6.81. The predicted octanol–water partition coefficient (Wildman–Crippen LogP) is 3.86. The summed E-state index contributed by atoms with van der Waals surface area (Å²) in [6, 6.07) is 3.95. The Labute approximate surface area is 123 Å². The van der Waals surface area contributed by atoms with Gasteiger partial charge in [0.1, 0.15) is 5.82 Å². The number of halogens is 2. The molecule has 2 rings (SSSR count). The molecule has 2 nitrogen and oxygen atoms in total. The lowest BCUT2D eigenvalue weighted by Crippen LogP contribution is -2.61. The van der Waals surface area contributed by atoms with Crippen LogP contribution < -0.4 is 10.2 Å². The molecule has 1 saturated heterocycles. The van der Waals surface area contributed by atoms with Gasteiger partial charge in [-0.15, -0.1) is 0 Å². The van der Waals surface area contributed by atoms with Crippen LogP contribution in [0, 0.1) is 12.7 Å². The molecule has 0 saturated carbocycles. The SMILES string of the molecule is CCC1CNC(C)(C)CN1c1cc(F)c(Br)cc1C. The molecule has 1 N–H and O–H groups in total. The first-order valence-corrected chi connectivity index (χ1v) is 7.60. The van der Waals surface area contributed by atoms with Gasteiger partial charge in [-0.05, 0) is 60.8 Å². The van der Waals surface area contributed by atoms with Crippen LogP contribution in [0.2, 0.25) is 0 Å². The van der Waals surface area contributed by atoms with Crippen molar-refractivity contribution in [2.75, 3.05) is 18.0 Å². The summed E-state index contributed by atoms with van der Waals surface area (Å²) in [6.07, 6.45) is 1.06. The molecule has 0 spiro atoms. The first kappa shape index (κ1) is 14.8. The van der Waals surface area contributed by atoms with Gasteiger partial charge < -0.3 is 10.2 Å². The van der Waals surface area contributed by atoms with E-state index in [4.69, 9.17) is 0 Å². The summed E-state index contributed by atoms with van der Waals surface area (Å²) in [5, 5.41) is 3.56. The Bertz CT molecular complexity index is 473. The molecule has 1 heterocycles. The molecule has 106 valence electrons. The highest BCUT2D eigenvalue weighted by atomic mass is 79.9. The van der Waals surface area contributed by atoms with Crippen LogP contribution in [0.25, 0.3) is 0 Å². The fourth-order valence-corrected chi connectivity index (χ4v) is 3.16. The van der Waals surface area contributed by atoms with E-state index in [9.17, 15) is 4.39 Å². The van der Waals surface area contributed by atoms with Crippen molar-refractivity contribution in [3.63, 3.8) is 0 Å². The van der Waals surface area contributed by atoms with E-state index >= 15 is 0 Å². The Kier molecular flexibility index (Phi) is 4.21. The van der Waals surface area contributed by atoms with Crippen LogP contribution in [0.5, 0.6) is 0 Å². The molecular weight excluding hydrogens is 307 g/mol. The van der Waals surface area contributed by atoms with Crippen LogP contribution in [0.4, 0.5) is 10.1 Å². The van der Waals surface area contributed by atoms with E-state index in [1.165, 1.54) is 0 Å². The number of anilines is 1. The Morgan fingerprint density at radius 3 is 2.79 bits per heavy atom. The molecular formula is C15H22BrFN2. The van der Waals surface area contributed by atoms with Crippen molar-refractivity contribution in [1.29, 1.82) is 0 Å². The van der Waals surface area contributed by atoms with Crippen LogP contribution in [0.3, 0.4) is 0 Å². The lowest BCUT2D eigenvalue weighted by molar-refractivity contribution is 0.306. The van der Waals surface area contributed by atoms with Gasteiger partial charge >= 0.3 is 0 Å². The molecule has 4 heteroatoms. The number of nitrogens with zero attached hydrogens (tertiary/aromatic N) is 1. The molecule has 1 aromatic carbocycles. The smallest absolute Gasteiger partial charge is 0.139 e. The molecule has 0 amide bonds. The average Bonchev–Trinajstić information content (AvgIpc) is 2.33. The zero-order valence-corrected chi connectivity index (χ0v) is 13.6. The fourth-order valence-electron chi connectivity index (χ4n) is 2.71. The minimum Gasteiger partial charge on any atom is -0.365 e. The Hall–Kier alpha value is -0.610. The zero-order valence-electron chi connectivity index (χ0n) is 12.1. The molecule has 19 heavy (non-hydrogen) atoms. The molecule has 0 bridgehead atoms. The number of rotatable bonds is 2. The quantitative estimate of drug-likeness (QED) is 0.886. The highest BCUT2D eigenvalue weighted by Crippen LogP contribution is 2.31. The number of aryl methyl sites for hydroxylation is 1. The van der Waals surface area contributed by atoms with Gasteiger partial charge in [-0.1, -0.05) is 6.92 Å². The summed E-state index contributed by atoms with van der Waals surface area (Å²) in [7, 11) is 0. The van der Waals surface area contributed by atoms with Crippen molar-refractivity contribution in [3.8, 4) is 0 Å². The molecule has 1 atom stereocenters. The monoisotopic (exact) mass is 328 g/mol. The van der Waals surface area contributed by atoms with Gasteiger partial charge in [-0.2, -0.15) is 0 Å². The summed E-state index contributed by atoms with van der Waals surface area (Å²) in [4.78, 5) is 2.35. The van der Waals surface area contributed by atoms with Crippen LogP contribution >= 0.6 is 15.9 Å². The molecule has 1 unspecified atom stereocenters. The molecule has 1 fully saturated rings. The van der Waals surface area contributed by atoms with Crippen LogP contribution in [0.1, 0.15) is 32.8 Å². The zero-order chi connectivity index (χ0) is 14.2. The van der Waals surface area contributed by atoms with Crippen LogP contribution in [-0.2, 0) is 0 Å². The summed E-state index contributed by atoms with van der Waals surface area (Å²) in [5.41, 5.74) is 2.19. The second-order valence-corrected chi connectivity index (χ2v) is 6.86. The van der Waals surface area contributed by atoms with Crippen molar-refractivity contribution in [2.45, 2.75) is 45.7 Å². The van der Waals surface area contributed by atoms with Gasteiger partial charge in [0.2, 0.25) is 0 Å². The molecule has 1 aliphatic heterocycles. The van der Waals surface area contributed by atoms with Crippen LogP contribution in [0.15, 0.2) is 16.6 Å². The molecule has 0 radical (unpaired) electrons. The normalized spacial score (nSPS) is 22.6. The standard InChI is InChI=1S/C15H22BrFN2/c1-5-11-8-18-15(3,4)9-19(11)14-7-13(17)12(16)6-10(14)2/h6-7,11,18H,5,8-9H2,1-4H3. The summed E-state index contributed by atoms with van der Waals surface area (Å²) in [5.74, 6) is -0.188. The van der Waals surface area contributed by atoms with E-state index in [2.05, 4.69) is 46.9 Å². The van der Waals surface area contributed by atoms with E-state index in [0.29, 0.717) is 10.5 Å². The Morgan fingerprint density at radius 2 is 2.16 bits per heavy atom. The predicted molar refractivity (Wildman–Crippen MR) is 82.3 cm³/mol. The molecule has 0 aliphatic carbocycles. The number of benzene rings is 1. The largest absolute Gasteiger partial charge is 0.365 e. The lowest BCUT2D eigenvalue weighted by atomic mass is 9.96. The van der Waals surface area contributed by atoms with Crippen molar-refractivity contribution >= 4 is 21.6 Å². The van der Waals surface area contributed by atoms with Gasteiger partial charge in [-0.25, -0.2) is 4.39 Å². The van der Waals surface area contributed by atoms with E-state index in [1.54, 1.807) is 6.07 Å². The summed E-state index contributed by atoms with van der Waals surface area (Å²) < 4.78 is 14.4. The topological polar surface area (TPSA) is 15.3 Å². The number of nitrogens with one attached hydrogen (secondary N) is 1. The third-order valence-corrected chi connectivity index (χ3v) is 4.45. The Morgan fingerprint density at radius 1 is 1.47 bits per heavy atom. The number of hydrogen-bond donors (Lipinski definition) is 1. The highest BCUT2D eigenvalue weighted by molar-refractivity contribution is 9.10. The third-order valence-electron chi connectivity index (χ3n) is 3.84.